The van der Waals surface area contributed by atoms with Gasteiger partial charge in [-0.05, 0) is 39.3 Å². The van der Waals surface area contributed by atoms with Gasteiger partial charge in [-0.15, -0.1) is 0 Å². The molecule has 71 valence electrons. The molecule has 1 aromatic heterocycles. The van der Waals surface area contributed by atoms with E-state index in [4.69, 9.17) is 0 Å². The molecule has 1 radical (unpaired) electrons. The summed E-state index contributed by atoms with van der Waals surface area (Å²) >= 11 is 0. The number of aryl methyl sites for hydroxylation is 1. The minimum atomic E-state index is -0.428. The number of pyridine rings is 1. The molecule has 0 aliphatic carbocycles. The first kappa shape index (κ1) is 9.99. The van der Waals surface area contributed by atoms with Gasteiger partial charge in [-0.2, -0.15) is 5.06 Å². The summed E-state index contributed by atoms with van der Waals surface area (Å²) in [5.74, 6) is 0.470. The van der Waals surface area contributed by atoms with Crippen LogP contribution in [0.1, 0.15) is 26.3 Å². The van der Waals surface area contributed by atoms with Crippen LogP contribution in [0.15, 0.2) is 18.3 Å². The van der Waals surface area contributed by atoms with Gasteiger partial charge in [-0.3, -0.25) is 0 Å². The van der Waals surface area contributed by atoms with E-state index in [1.54, 1.807) is 12.3 Å². The van der Waals surface area contributed by atoms with Crippen molar-refractivity contribution in [2.45, 2.75) is 33.2 Å². The molecule has 0 aliphatic rings. The third-order valence-electron chi connectivity index (χ3n) is 1.71. The van der Waals surface area contributed by atoms with Crippen molar-refractivity contribution in [2.75, 3.05) is 5.06 Å². The number of nitrogens with zero attached hydrogens (tertiary/aromatic N) is 2. The molecule has 0 saturated heterocycles. The zero-order valence-corrected chi connectivity index (χ0v) is 8.53. The Hall–Kier alpha value is -1.09. The lowest BCUT2D eigenvalue weighted by molar-refractivity contribution is 0.0996. The SMILES string of the molecule is Cc1ccc(N([O])C(C)(C)C)nc1. The van der Waals surface area contributed by atoms with Crippen molar-refractivity contribution in [2.24, 2.45) is 0 Å². The summed E-state index contributed by atoms with van der Waals surface area (Å²) < 4.78 is 0. The lowest BCUT2D eigenvalue weighted by Gasteiger charge is -2.27. The van der Waals surface area contributed by atoms with E-state index in [1.807, 2.05) is 33.8 Å². The fourth-order valence-corrected chi connectivity index (χ4v) is 0.924. The normalized spacial score (nSPS) is 11.5. The van der Waals surface area contributed by atoms with E-state index in [9.17, 15) is 5.21 Å². The zero-order chi connectivity index (χ0) is 10.1. The van der Waals surface area contributed by atoms with Crippen LogP contribution in [0.2, 0.25) is 0 Å². The standard InChI is InChI=1S/C10H15N2O/c1-8-5-6-9(11-7-8)12(13)10(2,3)4/h5-7H,1-4H3. The molecule has 1 aromatic rings. The largest absolute Gasteiger partial charge is 0.237 e. The van der Waals surface area contributed by atoms with Gasteiger partial charge in [-0.1, -0.05) is 11.3 Å². The minimum absolute atomic E-state index is 0.428. The molecule has 0 amide bonds. The highest BCUT2D eigenvalue weighted by molar-refractivity contribution is 5.37. The minimum Gasteiger partial charge on any atom is -0.237 e. The van der Waals surface area contributed by atoms with Crippen LogP contribution in [0.4, 0.5) is 5.82 Å². The zero-order valence-electron chi connectivity index (χ0n) is 8.53. The molecule has 1 heterocycles. The molecular formula is C10H15N2O. The molecule has 1 rings (SSSR count). The molecule has 0 aliphatic heterocycles. The van der Waals surface area contributed by atoms with Crippen LogP contribution in [0.3, 0.4) is 0 Å². The number of anilines is 1. The first-order valence-electron chi connectivity index (χ1n) is 4.31. The molecular weight excluding hydrogens is 164 g/mol. The summed E-state index contributed by atoms with van der Waals surface area (Å²) in [6.45, 7) is 7.54. The Bertz CT molecular complexity index is 274. The monoisotopic (exact) mass is 179 g/mol. The van der Waals surface area contributed by atoms with E-state index in [2.05, 4.69) is 4.98 Å². The highest BCUT2D eigenvalue weighted by Crippen LogP contribution is 2.19. The smallest absolute Gasteiger partial charge is 0.156 e. The Labute approximate surface area is 79.0 Å². The van der Waals surface area contributed by atoms with Crippen molar-refractivity contribution in [1.29, 1.82) is 0 Å². The van der Waals surface area contributed by atoms with Gasteiger partial charge in [0.15, 0.2) is 5.82 Å². The summed E-state index contributed by atoms with van der Waals surface area (Å²) in [5.41, 5.74) is 0.633. The molecule has 13 heavy (non-hydrogen) atoms. The van der Waals surface area contributed by atoms with Crippen molar-refractivity contribution < 1.29 is 5.21 Å². The summed E-state index contributed by atoms with van der Waals surface area (Å²) in [7, 11) is 0. The van der Waals surface area contributed by atoms with E-state index in [0.29, 0.717) is 5.82 Å². The van der Waals surface area contributed by atoms with Crippen molar-refractivity contribution in [1.82, 2.24) is 4.98 Å². The van der Waals surface area contributed by atoms with Gasteiger partial charge in [-0.25, -0.2) is 4.98 Å². The van der Waals surface area contributed by atoms with E-state index in [-0.39, 0.29) is 0 Å². The summed E-state index contributed by atoms with van der Waals surface area (Å²) in [6, 6.07) is 3.63. The molecule has 3 heteroatoms. The first-order chi connectivity index (χ1) is 5.91. The molecule has 0 aromatic carbocycles. The van der Waals surface area contributed by atoms with Crippen molar-refractivity contribution in [3.05, 3.63) is 23.9 Å². The number of rotatable bonds is 1. The Morgan fingerprint density at radius 3 is 2.31 bits per heavy atom. The average molecular weight is 179 g/mol. The molecule has 0 bridgehead atoms. The van der Waals surface area contributed by atoms with Crippen LogP contribution in [-0.4, -0.2) is 10.5 Å². The fourth-order valence-electron chi connectivity index (χ4n) is 0.924. The van der Waals surface area contributed by atoms with Crippen molar-refractivity contribution in [3.8, 4) is 0 Å². The van der Waals surface area contributed by atoms with Crippen molar-refractivity contribution in [3.63, 3.8) is 0 Å². The van der Waals surface area contributed by atoms with Crippen LogP contribution in [0.5, 0.6) is 0 Å². The Morgan fingerprint density at radius 2 is 1.92 bits per heavy atom. The van der Waals surface area contributed by atoms with Gasteiger partial charge in [0, 0.05) is 6.20 Å². The molecule has 0 N–H and O–H groups in total. The van der Waals surface area contributed by atoms with Crippen LogP contribution in [0, 0.1) is 6.92 Å². The summed E-state index contributed by atoms with van der Waals surface area (Å²) in [4.78, 5) is 4.06. The molecule has 3 nitrogen and oxygen atoms in total. The maximum atomic E-state index is 11.6. The molecule has 0 fully saturated rings. The Kier molecular flexibility index (Phi) is 2.57. The summed E-state index contributed by atoms with van der Waals surface area (Å²) in [5, 5.41) is 12.6. The average Bonchev–Trinajstić information content (AvgIpc) is 2.03. The highest BCUT2D eigenvalue weighted by Gasteiger charge is 2.22. The number of aromatic nitrogens is 1. The van der Waals surface area contributed by atoms with E-state index >= 15 is 0 Å². The molecule has 0 atom stereocenters. The fraction of sp³-hybridized carbons (Fsp3) is 0.500. The predicted octanol–water partition coefficient (Wildman–Crippen LogP) is 2.34. The second kappa shape index (κ2) is 3.34. The van der Waals surface area contributed by atoms with E-state index in [0.717, 1.165) is 10.6 Å². The maximum Gasteiger partial charge on any atom is 0.156 e. The van der Waals surface area contributed by atoms with Gasteiger partial charge in [0.2, 0.25) is 0 Å². The van der Waals surface area contributed by atoms with Crippen LogP contribution < -0.4 is 5.06 Å². The lowest BCUT2D eigenvalue weighted by Crippen LogP contribution is -2.37. The van der Waals surface area contributed by atoms with Crippen LogP contribution >= 0.6 is 0 Å². The van der Waals surface area contributed by atoms with Crippen molar-refractivity contribution >= 4 is 5.82 Å². The second-order valence-electron chi connectivity index (χ2n) is 4.16. The summed E-state index contributed by atoms with van der Waals surface area (Å²) in [6.07, 6.45) is 1.70. The van der Waals surface area contributed by atoms with Gasteiger partial charge in [0.05, 0.1) is 5.54 Å². The van der Waals surface area contributed by atoms with Gasteiger partial charge >= 0.3 is 0 Å². The molecule has 0 spiro atoms. The van der Waals surface area contributed by atoms with E-state index in [1.165, 1.54) is 0 Å². The van der Waals surface area contributed by atoms with Gasteiger partial charge < -0.3 is 0 Å². The third kappa shape index (κ3) is 2.42. The number of hydroxylamine groups is 1. The van der Waals surface area contributed by atoms with Crippen LogP contribution in [-0.2, 0) is 5.21 Å². The topological polar surface area (TPSA) is 36.0 Å². The number of hydrogen-bond acceptors (Lipinski definition) is 2. The predicted molar refractivity (Wildman–Crippen MR) is 51.9 cm³/mol. The third-order valence-corrected chi connectivity index (χ3v) is 1.71. The number of hydrogen-bond donors (Lipinski definition) is 0. The second-order valence-corrected chi connectivity index (χ2v) is 4.16. The van der Waals surface area contributed by atoms with Gasteiger partial charge in [0.25, 0.3) is 0 Å². The lowest BCUT2D eigenvalue weighted by atomic mass is 10.1. The van der Waals surface area contributed by atoms with Gasteiger partial charge in [0.1, 0.15) is 0 Å². The Morgan fingerprint density at radius 1 is 1.31 bits per heavy atom. The van der Waals surface area contributed by atoms with Crippen LogP contribution in [0.25, 0.3) is 0 Å². The first-order valence-corrected chi connectivity index (χ1v) is 4.31. The maximum absolute atomic E-state index is 11.6. The Balaban J connectivity index is 2.90. The molecule has 0 unspecified atom stereocenters. The molecule has 0 saturated carbocycles. The highest BCUT2D eigenvalue weighted by atomic mass is 16.5. The van der Waals surface area contributed by atoms with E-state index < -0.39 is 5.54 Å². The quantitative estimate of drug-likeness (QED) is 0.620.